The van der Waals surface area contributed by atoms with E-state index >= 15 is 0 Å². The van der Waals surface area contributed by atoms with Gasteiger partial charge in [-0.05, 0) is 38.3 Å². The SMILES string of the molecule is CCc1noc(C)c1C(=O)NC[C@H]1[C@H]2CN(c3ccncc3)C[C@]23CC[C@H]1O3. The number of hydrogen-bond donors (Lipinski definition) is 1. The van der Waals surface area contributed by atoms with E-state index < -0.39 is 0 Å². The molecule has 3 saturated heterocycles. The Hall–Kier alpha value is -2.41. The Morgan fingerprint density at radius 2 is 2.21 bits per heavy atom. The number of pyridine rings is 1. The van der Waals surface area contributed by atoms with Crippen molar-refractivity contribution in [3.8, 4) is 0 Å². The van der Waals surface area contributed by atoms with Crippen molar-refractivity contribution in [1.82, 2.24) is 15.5 Å². The quantitative estimate of drug-likeness (QED) is 0.855. The molecule has 2 aromatic rings. The van der Waals surface area contributed by atoms with Gasteiger partial charge in [0.15, 0.2) is 0 Å². The second-order valence-corrected chi connectivity index (χ2v) is 8.24. The minimum Gasteiger partial charge on any atom is -0.369 e. The molecule has 3 aliphatic rings. The molecule has 1 amide bonds. The number of nitrogens with one attached hydrogen (secondary N) is 1. The Kier molecular flexibility index (Phi) is 4.16. The Balaban J connectivity index is 1.30. The van der Waals surface area contributed by atoms with Crippen LogP contribution in [0.3, 0.4) is 0 Å². The largest absolute Gasteiger partial charge is 0.369 e. The highest BCUT2D eigenvalue weighted by Crippen LogP contribution is 2.55. The molecule has 3 aliphatic heterocycles. The molecule has 1 spiro atoms. The first kappa shape index (κ1) is 17.7. The van der Waals surface area contributed by atoms with E-state index in [1.165, 1.54) is 5.69 Å². The molecule has 3 fully saturated rings. The van der Waals surface area contributed by atoms with E-state index in [0.29, 0.717) is 36.1 Å². The first-order valence-corrected chi connectivity index (χ1v) is 10.2. The minimum atomic E-state index is -0.0867. The summed E-state index contributed by atoms with van der Waals surface area (Å²) in [5.41, 5.74) is 2.44. The normalized spacial score (nSPS) is 30.6. The molecule has 0 radical (unpaired) electrons. The van der Waals surface area contributed by atoms with Gasteiger partial charge in [-0.15, -0.1) is 0 Å². The fourth-order valence-corrected chi connectivity index (χ4v) is 5.46. The van der Waals surface area contributed by atoms with Crippen molar-refractivity contribution in [3.63, 3.8) is 0 Å². The maximum absolute atomic E-state index is 12.8. The number of rotatable bonds is 5. The first-order valence-electron chi connectivity index (χ1n) is 10.2. The molecule has 5 rings (SSSR count). The van der Waals surface area contributed by atoms with Crippen LogP contribution in [0.15, 0.2) is 29.0 Å². The van der Waals surface area contributed by atoms with Gasteiger partial charge < -0.3 is 19.5 Å². The van der Waals surface area contributed by atoms with Gasteiger partial charge in [-0.2, -0.15) is 0 Å². The molecule has 148 valence electrons. The number of aryl methyl sites for hydroxylation is 2. The summed E-state index contributed by atoms with van der Waals surface area (Å²) in [5.74, 6) is 1.28. The van der Waals surface area contributed by atoms with E-state index in [9.17, 15) is 4.79 Å². The summed E-state index contributed by atoms with van der Waals surface area (Å²) < 4.78 is 11.7. The van der Waals surface area contributed by atoms with Gasteiger partial charge in [0.05, 0.1) is 17.4 Å². The summed E-state index contributed by atoms with van der Waals surface area (Å²) in [4.78, 5) is 19.3. The van der Waals surface area contributed by atoms with Crippen molar-refractivity contribution < 1.29 is 14.1 Å². The maximum atomic E-state index is 12.8. The molecule has 2 aromatic heterocycles. The minimum absolute atomic E-state index is 0.0645. The molecule has 5 heterocycles. The molecule has 0 aliphatic carbocycles. The Morgan fingerprint density at radius 1 is 1.39 bits per heavy atom. The first-order chi connectivity index (χ1) is 13.6. The fourth-order valence-electron chi connectivity index (χ4n) is 5.46. The number of carbonyl (C=O) groups is 1. The van der Waals surface area contributed by atoms with E-state index in [-0.39, 0.29) is 17.6 Å². The van der Waals surface area contributed by atoms with E-state index in [1.807, 2.05) is 19.3 Å². The van der Waals surface area contributed by atoms with E-state index in [4.69, 9.17) is 9.26 Å². The maximum Gasteiger partial charge on any atom is 0.256 e. The van der Waals surface area contributed by atoms with E-state index in [2.05, 4.69) is 32.5 Å². The van der Waals surface area contributed by atoms with E-state index in [0.717, 1.165) is 31.6 Å². The summed E-state index contributed by atoms with van der Waals surface area (Å²) in [7, 11) is 0. The van der Waals surface area contributed by atoms with E-state index in [1.54, 1.807) is 6.92 Å². The molecule has 0 aromatic carbocycles. The number of carbonyl (C=O) groups excluding carboxylic acids is 1. The van der Waals surface area contributed by atoms with Crippen LogP contribution in [0.4, 0.5) is 5.69 Å². The average Bonchev–Trinajstić information content (AvgIpc) is 3.45. The number of hydrogen-bond acceptors (Lipinski definition) is 6. The van der Waals surface area contributed by atoms with Gasteiger partial charge in [0.25, 0.3) is 5.91 Å². The lowest BCUT2D eigenvalue weighted by Crippen LogP contribution is -2.42. The average molecular weight is 382 g/mol. The Bertz CT molecular complexity index is 883. The van der Waals surface area contributed by atoms with Crippen molar-refractivity contribution in [1.29, 1.82) is 0 Å². The van der Waals surface area contributed by atoms with Crippen molar-refractivity contribution in [2.75, 3.05) is 24.5 Å². The number of ether oxygens (including phenoxy) is 1. The highest BCUT2D eigenvalue weighted by Gasteiger charge is 2.62. The zero-order valence-corrected chi connectivity index (χ0v) is 16.4. The molecule has 1 N–H and O–H groups in total. The molecule has 0 saturated carbocycles. The van der Waals surface area contributed by atoms with Crippen LogP contribution < -0.4 is 10.2 Å². The van der Waals surface area contributed by atoms with Crippen LogP contribution in [0.5, 0.6) is 0 Å². The topological polar surface area (TPSA) is 80.5 Å². The summed E-state index contributed by atoms with van der Waals surface area (Å²) in [6.07, 6.45) is 6.79. The zero-order valence-electron chi connectivity index (χ0n) is 16.4. The molecular weight excluding hydrogens is 356 g/mol. The van der Waals surface area contributed by atoms with Gasteiger partial charge in [-0.3, -0.25) is 9.78 Å². The molecular formula is C21H26N4O3. The van der Waals surface area contributed by atoms with Crippen LogP contribution in [-0.2, 0) is 11.2 Å². The molecule has 7 nitrogen and oxygen atoms in total. The monoisotopic (exact) mass is 382 g/mol. The highest BCUT2D eigenvalue weighted by molar-refractivity contribution is 5.96. The standard InChI is InChI=1S/C21H26N4O3/c1-3-17-19(13(2)28-24-17)20(26)23-10-15-16-11-25(14-5-8-22-9-6-14)12-21(16)7-4-18(15)27-21/h5-6,8-9,15-16,18H,3-4,7,10-12H2,1-2H3,(H,23,26)/t15-,16+,18+,21+/m0/s1. The van der Waals surface area contributed by atoms with Gasteiger partial charge in [0.2, 0.25) is 0 Å². The lowest BCUT2D eigenvalue weighted by Gasteiger charge is -2.29. The van der Waals surface area contributed by atoms with Crippen LogP contribution in [0, 0.1) is 18.8 Å². The Labute approximate surface area is 164 Å². The summed E-state index contributed by atoms with van der Waals surface area (Å²) in [6.45, 7) is 6.29. The molecule has 28 heavy (non-hydrogen) atoms. The Morgan fingerprint density at radius 3 is 3.00 bits per heavy atom. The third kappa shape index (κ3) is 2.64. The van der Waals surface area contributed by atoms with Crippen LogP contribution in [0.2, 0.25) is 0 Å². The predicted molar refractivity (Wildman–Crippen MR) is 103 cm³/mol. The number of anilines is 1. The van der Waals surface area contributed by atoms with Crippen molar-refractivity contribution in [2.45, 2.75) is 44.8 Å². The van der Waals surface area contributed by atoms with Crippen LogP contribution >= 0.6 is 0 Å². The van der Waals surface area contributed by atoms with Gasteiger partial charge in [-0.25, -0.2) is 0 Å². The number of aromatic nitrogens is 2. The van der Waals surface area contributed by atoms with Gasteiger partial charge >= 0.3 is 0 Å². The molecule has 2 bridgehead atoms. The second kappa shape index (κ2) is 6.58. The van der Waals surface area contributed by atoms with Gasteiger partial charge in [0.1, 0.15) is 11.3 Å². The van der Waals surface area contributed by atoms with Crippen LogP contribution in [0.1, 0.15) is 41.6 Å². The lowest BCUT2D eigenvalue weighted by molar-refractivity contribution is 0.0141. The third-order valence-electron chi connectivity index (χ3n) is 6.81. The zero-order chi connectivity index (χ0) is 19.3. The van der Waals surface area contributed by atoms with Crippen LogP contribution in [-0.4, -0.2) is 47.4 Å². The fraction of sp³-hybridized carbons (Fsp3) is 0.571. The molecule has 0 unspecified atom stereocenters. The number of fused-ring (bicyclic) bond motifs is 1. The molecule has 4 atom stereocenters. The van der Waals surface area contributed by atoms with Gasteiger partial charge in [0, 0.05) is 49.6 Å². The smallest absolute Gasteiger partial charge is 0.256 e. The van der Waals surface area contributed by atoms with Crippen molar-refractivity contribution in [2.24, 2.45) is 11.8 Å². The third-order valence-corrected chi connectivity index (χ3v) is 6.81. The van der Waals surface area contributed by atoms with Gasteiger partial charge in [-0.1, -0.05) is 12.1 Å². The van der Waals surface area contributed by atoms with Crippen LogP contribution in [0.25, 0.3) is 0 Å². The summed E-state index contributed by atoms with van der Waals surface area (Å²) >= 11 is 0. The van der Waals surface area contributed by atoms with Crippen molar-refractivity contribution in [3.05, 3.63) is 41.5 Å². The second-order valence-electron chi connectivity index (χ2n) is 8.24. The van der Waals surface area contributed by atoms with Crippen molar-refractivity contribution >= 4 is 11.6 Å². The summed E-state index contributed by atoms with van der Waals surface area (Å²) in [6, 6.07) is 4.11. The lowest BCUT2D eigenvalue weighted by atomic mass is 9.73. The highest BCUT2D eigenvalue weighted by atomic mass is 16.5. The number of amides is 1. The summed E-state index contributed by atoms with van der Waals surface area (Å²) in [5, 5.41) is 7.14. The molecule has 7 heteroatoms. The number of nitrogens with zero attached hydrogens (tertiary/aromatic N) is 3. The predicted octanol–water partition coefficient (Wildman–Crippen LogP) is 2.35.